The van der Waals surface area contributed by atoms with Crippen LogP contribution < -0.4 is 10.7 Å². The van der Waals surface area contributed by atoms with Gasteiger partial charge in [0.1, 0.15) is 0 Å². The minimum Gasteiger partial charge on any atom is -0.344 e. The largest absolute Gasteiger partial charge is 0.416 e. The van der Waals surface area contributed by atoms with Crippen LogP contribution in [0.4, 0.5) is 13.2 Å². The highest BCUT2D eigenvalue weighted by molar-refractivity contribution is 5.92. The Morgan fingerprint density at radius 2 is 1.90 bits per heavy atom. The van der Waals surface area contributed by atoms with Crippen molar-refractivity contribution < 1.29 is 18.0 Å². The van der Waals surface area contributed by atoms with Crippen LogP contribution in [0.2, 0.25) is 0 Å². The number of nitrogens with one attached hydrogen (secondary N) is 1. The molecule has 0 radical (unpaired) electrons. The molecule has 0 aliphatic heterocycles. The van der Waals surface area contributed by atoms with Gasteiger partial charge in [-0.05, 0) is 39.0 Å². The van der Waals surface area contributed by atoms with E-state index in [2.05, 4.69) is 15.5 Å². The maximum atomic E-state index is 13.0. The number of carbonyl (C=O) groups is 1. The van der Waals surface area contributed by atoms with Gasteiger partial charge in [0.15, 0.2) is 5.69 Å². The fourth-order valence-electron chi connectivity index (χ4n) is 3.06. The molecule has 7 nitrogen and oxygen atoms in total. The predicted molar refractivity (Wildman–Crippen MR) is 103 cm³/mol. The van der Waals surface area contributed by atoms with Gasteiger partial charge in [0.05, 0.1) is 23.5 Å². The lowest BCUT2D eigenvalue weighted by Crippen LogP contribution is -2.33. The molecule has 30 heavy (non-hydrogen) atoms. The Morgan fingerprint density at radius 3 is 2.50 bits per heavy atom. The van der Waals surface area contributed by atoms with Crippen LogP contribution in [0.15, 0.2) is 41.3 Å². The Morgan fingerprint density at radius 1 is 1.20 bits per heavy atom. The Labute approximate surface area is 170 Å². The van der Waals surface area contributed by atoms with Crippen molar-refractivity contribution in [2.75, 3.05) is 0 Å². The third-order valence-corrected chi connectivity index (χ3v) is 4.83. The molecular formula is C20H20F3N5O2. The maximum absolute atomic E-state index is 13.0. The number of aryl methyl sites for hydroxylation is 2. The number of alkyl halides is 3. The van der Waals surface area contributed by atoms with Crippen LogP contribution in [0.1, 0.15) is 46.0 Å². The first-order valence-electron chi connectivity index (χ1n) is 9.07. The van der Waals surface area contributed by atoms with Crippen molar-refractivity contribution in [2.24, 2.45) is 7.05 Å². The van der Waals surface area contributed by atoms with Crippen molar-refractivity contribution in [2.45, 2.75) is 33.0 Å². The highest BCUT2D eigenvalue weighted by atomic mass is 19.4. The van der Waals surface area contributed by atoms with Gasteiger partial charge in [-0.2, -0.15) is 23.4 Å². The van der Waals surface area contributed by atoms with Gasteiger partial charge in [0.25, 0.3) is 5.91 Å². The van der Waals surface area contributed by atoms with Gasteiger partial charge in [-0.1, -0.05) is 6.07 Å². The first kappa shape index (κ1) is 21.3. The summed E-state index contributed by atoms with van der Waals surface area (Å²) >= 11 is 0. The summed E-state index contributed by atoms with van der Waals surface area (Å²) in [5, 5.41) is 10.9. The molecule has 0 saturated heterocycles. The molecular weight excluding hydrogens is 399 g/mol. The van der Waals surface area contributed by atoms with Crippen LogP contribution in [0.25, 0.3) is 5.69 Å². The van der Waals surface area contributed by atoms with Gasteiger partial charge in [0, 0.05) is 30.1 Å². The van der Waals surface area contributed by atoms with Crippen LogP contribution in [0.3, 0.4) is 0 Å². The van der Waals surface area contributed by atoms with Crippen molar-refractivity contribution in [1.29, 1.82) is 0 Å². The van der Waals surface area contributed by atoms with E-state index < -0.39 is 34.8 Å². The molecule has 0 spiro atoms. The summed E-state index contributed by atoms with van der Waals surface area (Å²) in [6.45, 7) is 5.11. The molecule has 1 amide bonds. The topological polar surface area (TPSA) is 81.8 Å². The number of hydrogen-bond donors (Lipinski definition) is 1. The summed E-state index contributed by atoms with van der Waals surface area (Å²) < 4.78 is 41.9. The Kier molecular flexibility index (Phi) is 5.51. The first-order chi connectivity index (χ1) is 14.0. The molecule has 1 N–H and O–H groups in total. The molecule has 0 aliphatic carbocycles. The number of nitrogens with zero attached hydrogens (tertiary/aromatic N) is 4. The van der Waals surface area contributed by atoms with E-state index in [0.717, 1.165) is 28.1 Å². The summed E-state index contributed by atoms with van der Waals surface area (Å²) in [4.78, 5) is 25.0. The molecule has 2 aromatic heterocycles. The zero-order chi connectivity index (χ0) is 22.2. The molecule has 0 saturated carbocycles. The zero-order valence-corrected chi connectivity index (χ0v) is 16.8. The number of benzene rings is 1. The third kappa shape index (κ3) is 4.12. The third-order valence-electron chi connectivity index (χ3n) is 4.83. The lowest BCUT2D eigenvalue weighted by Gasteiger charge is -2.15. The molecule has 1 unspecified atom stereocenters. The van der Waals surface area contributed by atoms with Crippen molar-refractivity contribution in [3.05, 3.63) is 75.0 Å². The van der Waals surface area contributed by atoms with E-state index in [9.17, 15) is 22.8 Å². The predicted octanol–water partition coefficient (Wildman–Crippen LogP) is 3.09. The van der Waals surface area contributed by atoms with Gasteiger partial charge in [-0.15, -0.1) is 0 Å². The van der Waals surface area contributed by atoms with Crippen LogP contribution in [-0.4, -0.2) is 25.5 Å². The summed E-state index contributed by atoms with van der Waals surface area (Å²) in [5.74, 6) is -0.725. The van der Waals surface area contributed by atoms with Gasteiger partial charge >= 0.3 is 6.18 Å². The number of halogens is 3. The van der Waals surface area contributed by atoms with E-state index in [-0.39, 0.29) is 5.69 Å². The van der Waals surface area contributed by atoms with Crippen molar-refractivity contribution in [3.8, 4) is 5.69 Å². The molecule has 3 rings (SSSR count). The molecule has 158 valence electrons. The molecule has 0 aliphatic rings. The van der Waals surface area contributed by atoms with E-state index in [4.69, 9.17) is 0 Å². The standard InChI is InChI=1S/C20H20F3N5O2/c1-11-8-17(29)18(19(30)25-12(2)16-10-24-27(4)13(16)3)26-28(11)15-7-5-6-14(9-15)20(21,22)23/h5-10,12H,1-4H3,(H,25,30). The van der Waals surface area contributed by atoms with Gasteiger partial charge in [-0.25, -0.2) is 4.68 Å². The first-order valence-corrected chi connectivity index (χ1v) is 9.07. The normalized spacial score (nSPS) is 12.6. The quantitative estimate of drug-likeness (QED) is 0.705. The van der Waals surface area contributed by atoms with Gasteiger partial charge < -0.3 is 5.32 Å². The Balaban J connectivity index is 1.96. The highest BCUT2D eigenvalue weighted by Gasteiger charge is 2.30. The summed E-state index contributed by atoms with van der Waals surface area (Å²) in [6.07, 6.45) is -2.91. The van der Waals surface area contributed by atoms with E-state index >= 15 is 0 Å². The van der Waals surface area contributed by atoms with E-state index in [1.165, 1.54) is 25.1 Å². The lowest BCUT2D eigenvalue weighted by molar-refractivity contribution is -0.137. The molecule has 10 heteroatoms. The van der Waals surface area contributed by atoms with E-state index in [1.807, 2.05) is 6.92 Å². The van der Waals surface area contributed by atoms with Crippen molar-refractivity contribution in [3.63, 3.8) is 0 Å². The van der Waals surface area contributed by atoms with E-state index in [0.29, 0.717) is 5.69 Å². The smallest absolute Gasteiger partial charge is 0.344 e. The van der Waals surface area contributed by atoms with E-state index in [1.54, 1.807) is 24.9 Å². The number of rotatable bonds is 4. The second-order valence-corrected chi connectivity index (χ2v) is 6.96. The number of hydrogen-bond acceptors (Lipinski definition) is 4. The van der Waals surface area contributed by atoms with Gasteiger partial charge in [-0.3, -0.25) is 14.3 Å². The lowest BCUT2D eigenvalue weighted by atomic mass is 10.1. The number of carbonyl (C=O) groups excluding carboxylic acids is 1. The average molecular weight is 419 g/mol. The summed E-state index contributed by atoms with van der Waals surface area (Å²) in [5.41, 5.74) is 0.123. The monoisotopic (exact) mass is 419 g/mol. The molecule has 0 bridgehead atoms. The molecule has 3 aromatic rings. The highest BCUT2D eigenvalue weighted by Crippen LogP contribution is 2.30. The Bertz CT molecular complexity index is 1160. The zero-order valence-electron chi connectivity index (χ0n) is 16.8. The van der Waals surface area contributed by atoms with Crippen LogP contribution in [0, 0.1) is 13.8 Å². The average Bonchev–Trinajstić information content (AvgIpc) is 3.00. The van der Waals surface area contributed by atoms with Gasteiger partial charge in [0.2, 0.25) is 5.43 Å². The molecule has 2 heterocycles. The molecule has 0 fully saturated rings. The fourth-order valence-corrected chi connectivity index (χ4v) is 3.06. The molecule has 1 aromatic carbocycles. The van der Waals surface area contributed by atoms with Crippen molar-refractivity contribution in [1.82, 2.24) is 24.9 Å². The minimum absolute atomic E-state index is 0.0903. The van der Waals surface area contributed by atoms with Crippen LogP contribution in [-0.2, 0) is 13.2 Å². The number of aromatic nitrogens is 4. The Hall–Kier alpha value is -3.43. The van der Waals surface area contributed by atoms with Crippen LogP contribution >= 0.6 is 0 Å². The fraction of sp³-hybridized carbons (Fsp3) is 0.300. The maximum Gasteiger partial charge on any atom is 0.416 e. The summed E-state index contributed by atoms with van der Waals surface area (Å²) in [7, 11) is 1.77. The summed E-state index contributed by atoms with van der Waals surface area (Å²) in [6, 6.07) is 5.23. The minimum atomic E-state index is -4.53. The second-order valence-electron chi connectivity index (χ2n) is 6.96. The van der Waals surface area contributed by atoms with Crippen LogP contribution in [0.5, 0.6) is 0 Å². The SMILES string of the molecule is Cc1c(C(C)NC(=O)c2nn(-c3cccc(C(F)(F)F)c3)c(C)cc2=O)cnn1C. The molecule has 1 atom stereocenters. The number of amides is 1. The second kappa shape index (κ2) is 7.77. The van der Waals surface area contributed by atoms with Crippen molar-refractivity contribution >= 4 is 5.91 Å².